The highest BCUT2D eigenvalue weighted by Crippen LogP contribution is 2.22. The fourth-order valence-corrected chi connectivity index (χ4v) is 1.12. The maximum absolute atomic E-state index is 5.89. The van der Waals surface area contributed by atoms with E-state index in [9.17, 15) is 0 Å². The summed E-state index contributed by atoms with van der Waals surface area (Å²) in [5, 5.41) is 0.632. The fraction of sp³-hybridized carbons (Fsp3) is 0.385. The SMILES string of the molecule is CC.COC/C=C/COc1ccccc1Cl. The Balaban J connectivity index is 0.00000106. The average Bonchev–Trinajstić information content (AvgIpc) is 2.34. The van der Waals surface area contributed by atoms with Crippen LogP contribution in [-0.4, -0.2) is 20.3 Å². The van der Waals surface area contributed by atoms with Gasteiger partial charge < -0.3 is 9.47 Å². The summed E-state index contributed by atoms with van der Waals surface area (Å²) in [6.07, 6.45) is 3.80. The Bertz CT molecular complexity index is 298. The molecular weight excluding hydrogens is 224 g/mol. The molecule has 0 aliphatic rings. The first-order chi connectivity index (χ1) is 7.84. The van der Waals surface area contributed by atoms with Crippen molar-refractivity contribution < 1.29 is 9.47 Å². The van der Waals surface area contributed by atoms with Crippen LogP contribution in [0.15, 0.2) is 36.4 Å². The Labute approximate surface area is 103 Å². The maximum atomic E-state index is 5.89. The van der Waals surface area contributed by atoms with Gasteiger partial charge in [0, 0.05) is 7.11 Å². The minimum absolute atomic E-state index is 0.507. The van der Waals surface area contributed by atoms with Crippen LogP contribution in [0.2, 0.25) is 5.02 Å². The van der Waals surface area contributed by atoms with Crippen LogP contribution < -0.4 is 4.74 Å². The molecule has 0 saturated heterocycles. The minimum Gasteiger partial charge on any atom is -0.488 e. The number of rotatable bonds is 5. The van der Waals surface area contributed by atoms with E-state index < -0.39 is 0 Å². The molecule has 0 heterocycles. The fourth-order valence-electron chi connectivity index (χ4n) is 0.932. The molecule has 1 rings (SSSR count). The lowest BCUT2D eigenvalue weighted by atomic mass is 10.3. The molecule has 0 fully saturated rings. The molecule has 0 aromatic heterocycles. The molecule has 1 aromatic rings. The van der Waals surface area contributed by atoms with Gasteiger partial charge in [-0.15, -0.1) is 0 Å². The predicted octanol–water partition coefficient (Wildman–Crippen LogP) is 3.95. The number of halogens is 1. The average molecular weight is 243 g/mol. The highest BCUT2D eigenvalue weighted by atomic mass is 35.5. The lowest BCUT2D eigenvalue weighted by Gasteiger charge is -2.04. The highest BCUT2D eigenvalue weighted by molar-refractivity contribution is 6.32. The van der Waals surface area contributed by atoms with E-state index in [1.807, 2.05) is 44.2 Å². The van der Waals surface area contributed by atoms with Crippen LogP contribution in [0.25, 0.3) is 0 Å². The molecule has 0 unspecified atom stereocenters. The highest BCUT2D eigenvalue weighted by Gasteiger charge is 1.96. The molecule has 16 heavy (non-hydrogen) atoms. The monoisotopic (exact) mass is 242 g/mol. The van der Waals surface area contributed by atoms with Gasteiger partial charge in [0.25, 0.3) is 0 Å². The lowest BCUT2D eigenvalue weighted by molar-refractivity contribution is 0.233. The molecule has 90 valence electrons. The second kappa shape index (κ2) is 10.5. The van der Waals surface area contributed by atoms with Gasteiger partial charge in [0.15, 0.2) is 0 Å². The van der Waals surface area contributed by atoms with Crippen molar-refractivity contribution in [3.63, 3.8) is 0 Å². The summed E-state index contributed by atoms with van der Waals surface area (Å²) in [5.74, 6) is 0.705. The molecule has 1 aromatic carbocycles. The van der Waals surface area contributed by atoms with Crippen LogP contribution >= 0.6 is 11.6 Å². The first-order valence-electron chi connectivity index (χ1n) is 5.36. The Morgan fingerprint density at radius 3 is 2.38 bits per heavy atom. The van der Waals surface area contributed by atoms with Gasteiger partial charge in [0.1, 0.15) is 12.4 Å². The molecule has 3 heteroatoms. The van der Waals surface area contributed by atoms with Gasteiger partial charge in [-0.3, -0.25) is 0 Å². The molecule has 2 nitrogen and oxygen atoms in total. The molecular formula is C13H19ClO2. The lowest BCUT2D eigenvalue weighted by Crippen LogP contribution is -1.94. The zero-order chi connectivity index (χ0) is 12.2. The van der Waals surface area contributed by atoms with Crippen LogP contribution in [0.3, 0.4) is 0 Å². The Morgan fingerprint density at radius 2 is 1.75 bits per heavy atom. The summed E-state index contributed by atoms with van der Waals surface area (Å²) in [6, 6.07) is 7.40. The summed E-state index contributed by atoms with van der Waals surface area (Å²) >= 11 is 5.89. The van der Waals surface area contributed by atoms with E-state index in [1.54, 1.807) is 13.2 Å². The predicted molar refractivity (Wildman–Crippen MR) is 69.3 cm³/mol. The maximum Gasteiger partial charge on any atom is 0.138 e. The zero-order valence-electron chi connectivity index (χ0n) is 10.1. The standard InChI is InChI=1S/C11H13ClO2.C2H6/c1-13-8-4-5-9-14-11-7-3-2-6-10(11)12;1-2/h2-7H,8-9H2,1H3;1-2H3/b5-4+;. The van der Waals surface area contributed by atoms with Crippen LogP contribution in [0, 0.1) is 0 Å². The van der Waals surface area contributed by atoms with Gasteiger partial charge in [-0.05, 0) is 18.2 Å². The quantitative estimate of drug-likeness (QED) is 0.728. The molecule has 0 aliphatic carbocycles. The molecule has 0 atom stereocenters. The van der Waals surface area contributed by atoms with Gasteiger partial charge >= 0.3 is 0 Å². The van der Waals surface area contributed by atoms with E-state index in [0.29, 0.717) is 24.0 Å². The normalized spacial score (nSPS) is 9.75. The molecule has 0 aliphatic heterocycles. The van der Waals surface area contributed by atoms with Crippen LogP contribution in [0.5, 0.6) is 5.75 Å². The molecule has 0 saturated carbocycles. The van der Waals surface area contributed by atoms with E-state index in [1.165, 1.54) is 0 Å². The number of benzene rings is 1. The third-order valence-corrected chi connectivity index (χ3v) is 1.91. The Kier molecular flexibility index (Phi) is 9.87. The smallest absolute Gasteiger partial charge is 0.138 e. The molecule has 0 amide bonds. The summed E-state index contributed by atoms with van der Waals surface area (Å²) in [7, 11) is 1.65. The van der Waals surface area contributed by atoms with Crippen molar-refractivity contribution in [3.8, 4) is 5.75 Å². The van der Waals surface area contributed by atoms with E-state index >= 15 is 0 Å². The molecule has 0 spiro atoms. The first kappa shape index (κ1) is 15.0. The molecule has 0 N–H and O–H groups in total. The number of para-hydroxylation sites is 1. The number of methoxy groups -OCH3 is 1. The van der Waals surface area contributed by atoms with Crippen LogP contribution in [0.1, 0.15) is 13.8 Å². The van der Waals surface area contributed by atoms with Crippen molar-refractivity contribution in [1.82, 2.24) is 0 Å². The second-order valence-corrected chi connectivity index (χ2v) is 3.08. The third kappa shape index (κ3) is 6.49. The van der Waals surface area contributed by atoms with E-state index in [-0.39, 0.29) is 0 Å². The van der Waals surface area contributed by atoms with E-state index in [4.69, 9.17) is 21.1 Å². The minimum atomic E-state index is 0.507. The number of hydrogen-bond donors (Lipinski definition) is 0. The van der Waals surface area contributed by atoms with E-state index in [0.717, 1.165) is 0 Å². The topological polar surface area (TPSA) is 18.5 Å². The van der Waals surface area contributed by atoms with Gasteiger partial charge in [-0.2, -0.15) is 0 Å². The summed E-state index contributed by atoms with van der Waals surface area (Å²) in [4.78, 5) is 0. The van der Waals surface area contributed by atoms with Crippen molar-refractivity contribution in [2.24, 2.45) is 0 Å². The van der Waals surface area contributed by atoms with Gasteiger partial charge in [-0.25, -0.2) is 0 Å². The van der Waals surface area contributed by atoms with Crippen molar-refractivity contribution in [2.75, 3.05) is 20.3 Å². The summed E-state index contributed by atoms with van der Waals surface area (Å²) in [6.45, 7) is 5.11. The van der Waals surface area contributed by atoms with Crippen LogP contribution in [0.4, 0.5) is 0 Å². The van der Waals surface area contributed by atoms with E-state index in [2.05, 4.69) is 0 Å². The summed E-state index contributed by atoms with van der Waals surface area (Å²) < 4.78 is 10.3. The van der Waals surface area contributed by atoms with Crippen molar-refractivity contribution in [1.29, 1.82) is 0 Å². The number of hydrogen-bond acceptors (Lipinski definition) is 2. The van der Waals surface area contributed by atoms with Crippen molar-refractivity contribution >= 4 is 11.6 Å². The van der Waals surface area contributed by atoms with Crippen LogP contribution in [-0.2, 0) is 4.74 Å². The van der Waals surface area contributed by atoms with Gasteiger partial charge in [0.2, 0.25) is 0 Å². The third-order valence-electron chi connectivity index (χ3n) is 1.60. The van der Waals surface area contributed by atoms with Crippen molar-refractivity contribution in [3.05, 3.63) is 41.4 Å². The second-order valence-electron chi connectivity index (χ2n) is 2.67. The first-order valence-corrected chi connectivity index (χ1v) is 5.73. The largest absolute Gasteiger partial charge is 0.488 e. The Morgan fingerprint density at radius 1 is 1.12 bits per heavy atom. The molecule has 0 bridgehead atoms. The molecule has 0 radical (unpaired) electrons. The summed E-state index contributed by atoms with van der Waals surface area (Å²) in [5.41, 5.74) is 0. The number of ether oxygens (including phenoxy) is 2. The van der Waals surface area contributed by atoms with Crippen molar-refractivity contribution in [2.45, 2.75) is 13.8 Å². The van der Waals surface area contributed by atoms with Gasteiger partial charge in [0.05, 0.1) is 11.6 Å². The van der Waals surface area contributed by atoms with Gasteiger partial charge in [-0.1, -0.05) is 43.7 Å². The Hall–Kier alpha value is -0.990. The zero-order valence-corrected chi connectivity index (χ0v) is 10.8.